The SMILES string of the molecule is CCC(CC)(OC)C(O)CCC(F)(F)F. The Bertz CT molecular complexity index is 168. The van der Waals surface area contributed by atoms with E-state index < -0.39 is 24.3 Å². The summed E-state index contributed by atoms with van der Waals surface area (Å²) in [5.41, 5.74) is -0.842. The number of alkyl halides is 3. The first-order valence-electron chi connectivity index (χ1n) is 5.11. The van der Waals surface area contributed by atoms with Crippen molar-refractivity contribution in [1.82, 2.24) is 0 Å². The van der Waals surface area contributed by atoms with Crippen LogP contribution in [0.1, 0.15) is 39.5 Å². The summed E-state index contributed by atoms with van der Waals surface area (Å²) in [6, 6.07) is 0. The molecule has 0 fully saturated rings. The average molecular weight is 228 g/mol. The molecule has 0 bridgehead atoms. The smallest absolute Gasteiger partial charge is 0.389 e. The van der Waals surface area contributed by atoms with E-state index in [1.165, 1.54) is 7.11 Å². The third-order valence-corrected chi connectivity index (χ3v) is 2.91. The summed E-state index contributed by atoms with van der Waals surface area (Å²) in [7, 11) is 1.42. The Morgan fingerprint density at radius 1 is 1.20 bits per heavy atom. The molecule has 0 amide bonds. The molecule has 15 heavy (non-hydrogen) atoms. The first-order chi connectivity index (χ1) is 6.81. The normalized spacial score (nSPS) is 15.4. The molecule has 0 radical (unpaired) electrons. The van der Waals surface area contributed by atoms with Crippen LogP contribution in [0.2, 0.25) is 0 Å². The second-order valence-electron chi connectivity index (χ2n) is 3.65. The average Bonchev–Trinajstić information content (AvgIpc) is 2.17. The maximum absolute atomic E-state index is 12.0. The van der Waals surface area contributed by atoms with Crippen molar-refractivity contribution >= 4 is 0 Å². The summed E-state index contributed by atoms with van der Waals surface area (Å²) in [5, 5.41) is 9.70. The lowest BCUT2D eigenvalue weighted by Crippen LogP contribution is -2.43. The Kier molecular flexibility index (Phi) is 5.59. The van der Waals surface area contributed by atoms with Crippen LogP contribution < -0.4 is 0 Å². The highest BCUT2D eigenvalue weighted by molar-refractivity contribution is 4.86. The monoisotopic (exact) mass is 228 g/mol. The molecule has 0 heterocycles. The Balaban J connectivity index is 4.33. The fourth-order valence-corrected chi connectivity index (χ4v) is 1.71. The third kappa shape index (κ3) is 4.38. The first kappa shape index (κ1) is 14.7. The molecule has 1 unspecified atom stereocenters. The molecule has 0 aliphatic heterocycles. The molecular formula is C10H19F3O2. The van der Waals surface area contributed by atoms with E-state index >= 15 is 0 Å². The maximum Gasteiger partial charge on any atom is 0.389 e. The zero-order valence-corrected chi connectivity index (χ0v) is 9.40. The van der Waals surface area contributed by atoms with Crippen molar-refractivity contribution in [2.75, 3.05) is 7.11 Å². The van der Waals surface area contributed by atoms with E-state index in [-0.39, 0.29) is 6.42 Å². The van der Waals surface area contributed by atoms with Crippen LogP contribution in [0.4, 0.5) is 13.2 Å². The molecule has 0 saturated carbocycles. The van der Waals surface area contributed by atoms with Crippen molar-refractivity contribution in [2.24, 2.45) is 0 Å². The molecule has 2 nitrogen and oxygen atoms in total. The molecule has 0 saturated heterocycles. The fourth-order valence-electron chi connectivity index (χ4n) is 1.71. The van der Waals surface area contributed by atoms with E-state index in [0.29, 0.717) is 12.8 Å². The molecular weight excluding hydrogens is 209 g/mol. The van der Waals surface area contributed by atoms with Crippen molar-refractivity contribution in [2.45, 2.75) is 57.4 Å². The largest absolute Gasteiger partial charge is 0.390 e. The Labute approximate surface area is 88.4 Å². The molecule has 0 aromatic carbocycles. The molecule has 0 aromatic heterocycles. The molecule has 5 heteroatoms. The predicted molar refractivity (Wildman–Crippen MR) is 51.6 cm³/mol. The second-order valence-corrected chi connectivity index (χ2v) is 3.65. The van der Waals surface area contributed by atoms with E-state index in [0.717, 1.165) is 0 Å². The number of aliphatic hydroxyl groups excluding tert-OH is 1. The van der Waals surface area contributed by atoms with Gasteiger partial charge in [-0.05, 0) is 19.3 Å². The van der Waals surface area contributed by atoms with Gasteiger partial charge >= 0.3 is 6.18 Å². The van der Waals surface area contributed by atoms with Crippen LogP contribution in [0.5, 0.6) is 0 Å². The van der Waals surface area contributed by atoms with Gasteiger partial charge in [0.25, 0.3) is 0 Å². The van der Waals surface area contributed by atoms with Gasteiger partial charge in [0.2, 0.25) is 0 Å². The molecule has 0 aliphatic carbocycles. The van der Waals surface area contributed by atoms with Gasteiger partial charge in [0.1, 0.15) is 0 Å². The zero-order valence-electron chi connectivity index (χ0n) is 9.40. The molecule has 0 spiro atoms. The van der Waals surface area contributed by atoms with Crippen molar-refractivity contribution in [1.29, 1.82) is 0 Å². The summed E-state index contributed by atoms with van der Waals surface area (Å²) >= 11 is 0. The predicted octanol–water partition coefficient (Wildman–Crippen LogP) is 2.90. The van der Waals surface area contributed by atoms with Crippen molar-refractivity contribution in [3.8, 4) is 0 Å². The van der Waals surface area contributed by atoms with Gasteiger partial charge in [-0.3, -0.25) is 0 Å². The zero-order chi connectivity index (χ0) is 12.1. The van der Waals surface area contributed by atoms with Crippen molar-refractivity contribution in [3.05, 3.63) is 0 Å². The Hall–Kier alpha value is -0.290. The van der Waals surface area contributed by atoms with Crippen molar-refractivity contribution < 1.29 is 23.0 Å². The number of hydrogen-bond donors (Lipinski definition) is 1. The minimum absolute atomic E-state index is 0.307. The van der Waals surface area contributed by atoms with Crippen LogP contribution in [0.3, 0.4) is 0 Å². The van der Waals surface area contributed by atoms with Crippen LogP contribution >= 0.6 is 0 Å². The van der Waals surface area contributed by atoms with Crippen molar-refractivity contribution in [3.63, 3.8) is 0 Å². The molecule has 0 aromatic rings. The van der Waals surface area contributed by atoms with Gasteiger partial charge < -0.3 is 9.84 Å². The minimum atomic E-state index is -4.22. The lowest BCUT2D eigenvalue weighted by Gasteiger charge is -2.35. The number of aliphatic hydroxyl groups is 1. The van der Waals surface area contributed by atoms with Crippen LogP contribution in [0.15, 0.2) is 0 Å². The van der Waals surface area contributed by atoms with Gasteiger partial charge in [-0.25, -0.2) is 0 Å². The Morgan fingerprint density at radius 2 is 1.67 bits per heavy atom. The quantitative estimate of drug-likeness (QED) is 0.757. The lowest BCUT2D eigenvalue weighted by molar-refractivity contribution is -0.157. The number of ether oxygens (including phenoxy) is 1. The second kappa shape index (κ2) is 5.70. The van der Waals surface area contributed by atoms with E-state index in [4.69, 9.17) is 4.74 Å². The van der Waals surface area contributed by atoms with E-state index in [9.17, 15) is 18.3 Å². The number of methoxy groups -OCH3 is 1. The number of hydrogen-bond acceptors (Lipinski definition) is 2. The van der Waals surface area contributed by atoms with E-state index in [1.807, 2.05) is 0 Å². The molecule has 0 aliphatic rings. The van der Waals surface area contributed by atoms with Crippen LogP contribution in [0, 0.1) is 0 Å². The maximum atomic E-state index is 12.0. The highest BCUT2D eigenvalue weighted by Crippen LogP contribution is 2.30. The molecule has 0 rings (SSSR count). The van der Waals surface area contributed by atoms with Gasteiger partial charge in [0, 0.05) is 13.5 Å². The van der Waals surface area contributed by atoms with E-state index in [2.05, 4.69) is 0 Å². The molecule has 1 N–H and O–H groups in total. The topological polar surface area (TPSA) is 29.5 Å². The van der Waals surface area contributed by atoms with Crippen LogP contribution in [-0.2, 0) is 4.74 Å². The summed E-state index contributed by atoms with van der Waals surface area (Å²) in [6.07, 6.45) is -5.57. The van der Waals surface area contributed by atoms with E-state index in [1.54, 1.807) is 13.8 Å². The molecule has 92 valence electrons. The van der Waals surface area contributed by atoms with Gasteiger partial charge in [0.15, 0.2) is 0 Å². The summed E-state index contributed by atoms with van der Waals surface area (Å²) < 4.78 is 41.0. The van der Waals surface area contributed by atoms with Crippen LogP contribution in [0.25, 0.3) is 0 Å². The van der Waals surface area contributed by atoms with Gasteiger partial charge in [0.05, 0.1) is 11.7 Å². The van der Waals surface area contributed by atoms with Gasteiger partial charge in [-0.15, -0.1) is 0 Å². The van der Waals surface area contributed by atoms with Crippen LogP contribution in [-0.4, -0.2) is 30.1 Å². The minimum Gasteiger partial charge on any atom is -0.390 e. The summed E-state index contributed by atoms with van der Waals surface area (Å²) in [6.45, 7) is 3.59. The summed E-state index contributed by atoms with van der Waals surface area (Å²) in [4.78, 5) is 0. The molecule has 1 atom stereocenters. The number of halogens is 3. The first-order valence-corrected chi connectivity index (χ1v) is 5.11. The highest BCUT2D eigenvalue weighted by Gasteiger charge is 2.37. The fraction of sp³-hybridized carbons (Fsp3) is 1.00. The Morgan fingerprint density at radius 3 is 1.93 bits per heavy atom. The number of rotatable bonds is 6. The standard InChI is InChI=1S/C10H19F3O2/c1-4-9(5-2,15-3)8(14)6-7-10(11,12)13/h8,14H,4-7H2,1-3H3. The van der Waals surface area contributed by atoms with Gasteiger partial charge in [-0.1, -0.05) is 13.8 Å². The van der Waals surface area contributed by atoms with Gasteiger partial charge in [-0.2, -0.15) is 13.2 Å². The third-order valence-electron chi connectivity index (χ3n) is 2.91. The lowest BCUT2D eigenvalue weighted by atomic mass is 9.87. The highest BCUT2D eigenvalue weighted by atomic mass is 19.4. The summed E-state index contributed by atoms with van der Waals surface area (Å²) in [5.74, 6) is 0.